The molecule has 1 unspecified atom stereocenters. The van der Waals surface area contributed by atoms with Crippen molar-refractivity contribution in [3.8, 4) is 11.5 Å². The first-order valence-electron chi connectivity index (χ1n) is 8.29. The van der Waals surface area contributed by atoms with Crippen molar-refractivity contribution in [2.45, 2.75) is 39.4 Å². The molecule has 0 heterocycles. The molecule has 2 aromatic rings. The maximum Gasteiger partial charge on any atom is 0.120 e. The number of hydrogen-bond donors (Lipinski definition) is 0. The van der Waals surface area contributed by atoms with Crippen LogP contribution in [-0.2, 0) is 11.3 Å². The highest BCUT2D eigenvalue weighted by Crippen LogP contribution is 2.19. The molecule has 0 bridgehead atoms. The summed E-state index contributed by atoms with van der Waals surface area (Å²) in [4.78, 5) is 0. The van der Waals surface area contributed by atoms with Gasteiger partial charge in [-0.25, -0.2) is 0 Å². The lowest BCUT2D eigenvalue weighted by molar-refractivity contribution is 0.0572. The second-order valence-electron chi connectivity index (χ2n) is 5.60. The third kappa shape index (κ3) is 6.74. The summed E-state index contributed by atoms with van der Waals surface area (Å²) in [5, 5.41) is 0. The molecule has 124 valence electrons. The van der Waals surface area contributed by atoms with Crippen molar-refractivity contribution < 1.29 is 14.2 Å². The van der Waals surface area contributed by atoms with E-state index >= 15 is 0 Å². The van der Waals surface area contributed by atoms with E-state index in [2.05, 4.69) is 19.1 Å². The standard InChI is InChI=1S/C20H26O3/c1-3-4-14-21-15-17(2)23-20-12-10-19(11-13-20)22-16-18-8-6-5-7-9-18/h5-13,17H,3-4,14-16H2,1-2H3. The van der Waals surface area contributed by atoms with Crippen LogP contribution in [-0.4, -0.2) is 19.3 Å². The van der Waals surface area contributed by atoms with Crippen LogP contribution in [0.25, 0.3) is 0 Å². The van der Waals surface area contributed by atoms with Gasteiger partial charge in [0.15, 0.2) is 0 Å². The summed E-state index contributed by atoms with van der Waals surface area (Å²) in [6.07, 6.45) is 2.29. The Morgan fingerprint density at radius 2 is 1.61 bits per heavy atom. The number of rotatable bonds is 10. The van der Waals surface area contributed by atoms with Crippen molar-refractivity contribution in [3.05, 3.63) is 60.2 Å². The van der Waals surface area contributed by atoms with Crippen LogP contribution in [0, 0.1) is 0 Å². The van der Waals surface area contributed by atoms with Gasteiger partial charge in [0.2, 0.25) is 0 Å². The fraction of sp³-hybridized carbons (Fsp3) is 0.400. The summed E-state index contributed by atoms with van der Waals surface area (Å²) in [6, 6.07) is 17.9. The largest absolute Gasteiger partial charge is 0.489 e. The zero-order valence-corrected chi connectivity index (χ0v) is 14.0. The van der Waals surface area contributed by atoms with E-state index < -0.39 is 0 Å². The molecule has 3 heteroatoms. The normalized spacial score (nSPS) is 11.9. The van der Waals surface area contributed by atoms with Crippen LogP contribution < -0.4 is 9.47 Å². The van der Waals surface area contributed by atoms with Crippen molar-refractivity contribution in [2.24, 2.45) is 0 Å². The third-order valence-corrected chi connectivity index (χ3v) is 3.40. The smallest absolute Gasteiger partial charge is 0.120 e. The fourth-order valence-corrected chi connectivity index (χ4v) is 2.12. The predicted molar refractivity (Wildman–Crippen MR) is 93.0 cm³/mol. The van der Waals surface area contributed by atoms with Crippen molar-refractivity contribution in [1.29, 1.82) is 0 Å². The van der Waals surface area contributed by atoms with E-state index in [4.69, 9.17) is 14.2 Å². The van der Waals surface area contributed by atoms with Gasteiger partial charge in [0.1, 0.15) is 24.2 Å². The minimum atomic E-state index is 0.0444. The molecule has 0 aliphatic rings. The highest BCUT2D eigenvalue weighted by molar-refractivity contribution is 5.31. The Hall–Kier alpha value is -2.00. The average molecular weight is 314 g/mol. The first-order valence-corrected chi connectivity index (χ1v) is 8.29. The van der Waals surface area contributed by atoms with Gasteiger partial charge in [-0.3, -0.25) is 0 Å². The SMILES string of the molecule is CCCCOCC(C)Oc1ccc(OCc2ccccc2)cc1. The molecule has 0 saturated carbocycles. The zero-order valence-electron chi connectivity index (χ0n) is 14.0. The quantitative estimate of drug-likeness (QED) is 0.587. The van der Waals surface area contributed by atoms with Gasteiger partial charge in [0, 0.05) is 6.61 Å². The van der Waals surface area contributed by atoms with Crippen molar-refractivity contribution in [3.63, 3.8) is 0 Å². The zero-order chi connectivity index (χ0) is 16.3. The first kappa shape index (κ1) is 17.4. The Labute approximate surface area is 139 Å². The number of ether oxygens (including phenoxy) is 3. The number of unbranched alkanes of at least 4 members (excludes halogenated alkanes) is 1. The summed E-state index contributed by atoms with van der Waals surface area (Å²) >= 11 is 0. The van der Waals surface area contributed by atoms with Gasteiger partial charge in [-0.05, 0) is 43.2 Å². The molecule has 0 aliphatic carbocycles. The second-order valence-corrected chi connectivity index (χ2v) is 5.60. The monoisotopic (exact) mass is 314 g/mol. The summed E-state index contributed by atoms with van der Waals surface area (Å²) in [5.74, 6) is 1.68. The fourth-order valence-electron chi connectivity index (χ4n) is 2.12. The molecule has 1 atom stereocenters. The molecule has 0 aromatic heterocycles. The minimum Gasteiger partial charge on any atom is -0.489 e. The van der Waals surface area contributed by atoms with E-state index in [1.165, 1.54) is 0 Å². The summed E-state index contributed by atoms with van der Waals surface area (Å²) < 4.78 is 17.2. The van der Waals surface area contributed by atoms with Crippen molar-refractivity contribution in [1.82, 2.24) is 0 Å². The van der Waals surface area contributed by atoms with E-state index in [0.717, 1.165) is 36.5 Å². The molecule has 0 radical (unpaired) electrons. The molecular weight excluding hydrogens is 288 g/mol. The Balaban J connectivity index is 1.73. The molecule has 2 aromatic carbocycles. The van der Waals surface area contributed by atoms with Gasteiger partial charge in [-0.15, -0.1) is 0 Å². The lowest BCUT2D eigenvalue weighted by Gasteiger charge is -2.15. The molecule has 0 spiro atoms. The van der Waals surface area contributed by atoms with Crippen LogP contribution in [0.3, 0.4) is 0 Å². The van der Waals surface area contributed by atoms with Gasteiger partial charge in [-0.2, -0.15) is 0 Å². The molecule has 3 nitrogen and oxygen atoms in total. The van der Waals surface area contributed by atoms with E-state index in [-0.39, 0.29) is 6.10 Å². The van der Waals surface area contributed by atoms with Crippen molar-refractivity contribution >= 4 is 0 Å². The van der Waals surface area contributed by atoms with Crippen LogP contribution in [0.2, 0.25) is 0 Å². The Bertz CT molecular complexity index is 537. The van der Waals surface area contributed by atoms with E-state index in [0.29, 0.717) is 13.2 Å². The van der Waals surface area contributed by atoms with Gasteiger partial charge < -0.3 is 14.2 Å². The maximum absolute atomic E-state index is 5.83. The Morgan fingerprint density at radius 3 is 2.30 bits per heavy atom. The third-order valence-electron chi connectivity index (χ3n) is 3.40. The van der Waals surface area contributed by atoms with Crippen LogP contribution in [0.15, 0.2) is 54.6 Å². The number of hydrogen-bond acceptors (Lipinski definition) is 3. The lowest BCUT2D eigenvalue weighted by Crippen LogP contribution is -2.19. The first-order chi connectivity index (χ1) is 11.3. The highest BCUT2D eigenvalue weighted by Gasteiger charge is 2.04. The Morgan fingerprint density at radius 1 is 0.913 bits per heavy atom. The minimum absolute atomic E-state index is 0.0444. The highest BCUT2D eigenvalue weighted by atomic mass is 16.5. The number of benzene rings is 2. The van der Waals surface area contributed by atoms with Gasteiger partial charge >= 0.3 is 0 Å². The molecule has 0 fully saturated rings. The van der Waals surface area contributed by atoms with Crippen molar-refractivity contribution in [2.75, 3.05) is 13.2 Å². The molecule has 0 amide bonds. The van der Waals surface area contributed by atoms with Crippen LogP contribution in [0.5, 0.6) is 11.5 Å². The molecule has 2 rings (SSSR count). The van der Waals surface area contributed by atoms with Gasteiger partial charge in [0.25, 0.3) is 0 Å². The molecule has 0 N–H and O–H groups in total. The van der Waals surface area contributed by atoms with Gasteiger partial charge in [-0.1, -0.05) is 43.7 Å². The Kier molecular flexibility index (Phi) is 7.47. The second kappa shape index (κ2) is 9.90. The molecular formula is C20H26O3. The van der Waals surface area contributed by atoms with E-state index in [1.807, 2.05) is 49.4 Å². The predicted octanol–water partition coefficient (Wildman–Crippen LogP) is 4.85. The van der Waals surface area contributed by atoms with Crippen LogP contribution in [0.1, 0.15) is 32.3 Å². The molecule has 23 heavy (non-hydrogen) atoms. The maximum atomic E-state index is 5.83. The summed E-state index contributed by atoms with van der Waals surface area (Å²) in [7, 11) is 0. The molecule has 0 saturated heterocycles. The van der Waals surface area contributed by atoms with E-state index in [9.17, 15) is 0 Å². The molecule has 0 aliphatic heterocycles. The summed E-state index contributed by atoms with van der Waals surface area (Å²) in [6.45, 7) is 6.17. The van der Waals surface area contributed by atoms with Crippen LogP contribution in [0.4, 0.5) is 0 Å². The lowest BCUT2D eigenvalue weighted by atomic mass is 10.2. The van der Waals surface area contributed by atoms with E-state index in [1.54, 1.807) is 0 Å². The topological polar surface area (TPSA) is 27.7 Å². The summed E-state index contributed by atoms with van der Waals surface area (Å²) in [5.41, 5.74) is 1.16. The van der Waals surface area contributed by atoms with Gasteiger partial charge in [0.05, 0.1) is 6.61 Å². The van der Waals surface area contributed by atoms with Crippen LogP contribution >= 0.6 is 0 Å². The average Bonchev–Trinajstić information content (AvgIpc) is 2.59.